The second kappa shape index (κ2) is 8.71. The lowest BCUT2D eigenvalue weighted by molar-refractivity contribution is -0.131. The van der Waals surface area contributed by atoms with Crippen LogP contribution in [0.4, 0.5) is 0 Å². The molecule has 35 heavy (non-hydrogen) atoms. The Morgan fingerprint density at radius 3 is 2.57 bits per heavy atom. The van der Waals surface area contributed by atoms with Crippen molar-refractivity contribution < 1.29 is 14.4 Å². The smallest absolute Gasteiger partial charge is 0.295 e. The molecule has 1 saturated heterocycles. The summed E-state index contributed by atoms with van der Waals surface area (Å²) >= 11 is 6.22. The van der Waals surface area contributed by atoms with Crippen LogP contribution in [-0.4, -0.2) is 62.5 Å². The van der Waals surface area contributed by atoms with Gasteiger partial charge in [-0.2, -0.15) is 0 Å². The fourth-order valence-electron chi connectivity index (χ4n) is 4.74. The molecule has 176 valence electrons. The van der Waals surface area contributed by atoms with Gasteiger partial charge in [-0.1, -0.05) is 42.3 Å². The molecule has 3 heterocycles. The molecular formula is C27H23ClN4O3. The van der Waals surface area contributed by atoms with E-state index in [-0.39, 0.29) is 16.6 Å². The Morgan fingerprint density at radius 2 is 1.89 bits per heavy atom. The molecule has 0 bridgehead atoms. The Balaban J connectivity index is 1.40. The van der Waals surface area contributed by atoms with Crippen LogP contribution in [0, 0.1) is 11.8 Å². The molecule has 1 aliphatic carbocycles. The van der Waals surface area contributed by atoms with Gasteiger partial charge in [0.1, 0.15) is 10.7 Å². The number of hydrogen-bond acceptors (Lipinski definition) is 4. The molecule has 8 heteroatoms. The minimum absolute atomic E-state index is 0.0614. The van der Waals surface area contributed by atoms with E-state index >= 15 is 0 Å². The number of allylic oxidation sites excluding steroid dienone is 1. The summed E-state index contributed by atoms with van der Waals surface area (Å²) in [5.41, 5.74) is 2.31. The van der Waals surface area contributed by atoms with Gasteiger partial charge in [-0.3, -0.25) is 14.4 Å². The molecule has 7 nitrogen and oxygen atoms in total. The van der Waals surface area contributed by atoms with E-state index in [9.17, 15) is 14.4 Å². The maximum absolute atomic E-state index is 13.4. The Labute approximate surface area is 207 Å². The van der Waals surface area contributed by atoms with E-state index in [1.165, 1.54) is 6.20 Å². The van der Waals surface area contributed by atoms with E-state index in [1.54, 1.807) is 34.9 Å². The van der Waals surface area contributed by atoms with Crippen LogP contribution in [0.1, 0.15) is 46.0 Å². The Morgan fingerprint density at radius 1 is 1.14 bits per heavy atom. The third kappa shape index (κ3) is 4.00. The Bertz CT molecular complexity index is 1440. The number of H-pyrrole nitrogens is 1. The molecule has 2 aromatic heterocycles. The summed E-state index contributed by atoms with van der Waals surface area (Å²) in [5, 5.41) is 0.180. The van der Waals surface area contributed by atoms with Gasteiger partial charge in [0.25, 0.3) is 17.6 Å². The van der Waals surface area contributed by atoms with Crippen LogP contribution < -0.4 is 0 Å². The molecule has 1 N–H and O–H groups in total. The van der Waals surface area contributed by atoms with E-state index in [0.717, 1.165) is 12.8 Å². The highest BCUT2D eigenvalue weighted by Crippen LogP contribution is 2.45. The molecule has 1 aromatic carbocycles. The van der Waals surface area contributed by atoms with Gasteiger partial charge in [0.15, 0.2) is 0 Å². The SMILES string of the molecule is C=C(C#CC)c1cc(Cl)nc2c(C(=O)C(=O)N3CCN(C(=O)c4ccccc4)CC34CC4)c[nH]c12. The van der Waals surface area contributed by atoms with Crippen molar-refractivity contribution in [2.24, 2.45) is 0 Å². The van der Waals surface area contributed by atoms with Gasteiger partial charge in [-0.15, -0.1) is 5.92 Å². The monoisotopic (exact) mass is 486 g/mol. The standard InChI is InChI=1S/C27H23ClN4O3/c1-3-7-17(2)19-14-21(28)30-23-20(15-29-22(19)23)24(33)26(35)32-13-12-31(16-27(32)10-11-27)25(34)18-8-5-4-6-9-18/h4-6,8-9,14-15,29H,2,10-13,16H2,1H3. The molecule has 2 fully saturated rings. The molecule has 1 aliphatic heterocycles. The Hall–Kier alpha value is -3.89. The number of nitrogens with zero attached hydrogens (tertiary/aromatic N) is 3. The molecular weight excluding hydrogens is 464 g/mol. The summed E-state index contributed by atoms with van der Waals surface area (Å²) in [6.45, 7) is 6.75. The quantitative estimate of drug-likeness (QED) is 0.262. The minimum atomic E-state index is -0.654. The van der Waals surface area contributed by atoms with Crippen molar-refractivity contribution in [3.8, 4) is 11.8 Å². The minimum Gasteiger partial charge on any atom is -0.359 e. The fraction of sp³-hybridized carbons (Fsp3) is 0.259. The largest absolute Gasteiger partial charge is 0.359 e. The number of aromatic nitrogens is 2. The highest BCUT2D eigenvalue weighted by Gasteiger charge is 2.55. The van der Waals surface area contributed by atoms with Crippen molar-refractivity contribution in [3.05, 3.63) is 71.0 Å². The lowest BCUT2D eigenvalue weighted by Crippen LogP contribution is -2.59. The van der Waals surface area contributed by atoms with E-state index in [0.29, 0.717) is 47.4 Å². The van der Waals surface area contributed by atoms with E-state index in [1.807, 2.05) is 18.2 Å². The second-order valence-electron chi connectivity index (χ2n) is 8.88. The van der Waals surface area contributed by atoms with Crippen molar-refractivity contribution in [3.63, 3.8) is 0 Å². The third-order valence-electron chi connectivity index (χ3n) is 6.68. The van der Waals surface area contributed by atoms with Crippen LogP contribution in [0.15, 0.2) is 49.2 Å². The molecule has 0 unspecified atom stereocenters. The summed E-state index contributed by atoms with van der Waals surface area (Å²) < 4.78 is 0. The average Bonchev–Trinajstić information content (AvgIpc) is 3.49. The number of hydrogen-bond donors (Lipinski definition) is 1. The zero-order valence-electron chi connectivity index (χ0n) is 19.2. The average molecular weight is 487 g/mol. The number of fused-ring (bicyclic) bond motifs is 1. The van der Waals surface area contributed by atoms with Gasteiger partial charge >= 0.3 is 0 Å². The van der Waals surface area contributed by atoms with Crippen molar-refractivity contribution in [2.75, 3.05) is 19.6 Å². The lowest BCUT2D eigenvalue weighted by atomic mass is 10.0. The predicted octanol–water partition coefficient (Wildman–Crippen LogP) is 3.95. The summed E-state index contributed by atoms with van der Waals surface area (Å²) in [6, 6.07) is 10.7. The summed E-state index contributed by atoms with van der Waals surface area (Å²) in [4.78, 5) is 50.5. The zero-order chi connectivity index (χ0) is 24.7. The number of halogens is 1. The predicted molar refractivity (Wildman–Crippen MR) is 134 cm³/mol. The maximum Gasteiger partial charge on any atom is 0.295 e. The number of nitrogens with one attached hydrogen (secondary N) is 1. The molecule has 0 radical (unpaired) electrons. The molecule has 5 rings (SSSR count). The molecule has 2 amide bonds. The van der Waals surface area contributed by atoms with E-state index < -0.39 is 17.2 Å². The lowest BCUT2D eigenvalue weighted by Gasteiger charge is -2.41. The number of piperazine rings is 1. The van der Waals surface area contributed by atoms with Gasteiger partial charge in [0.05, 0.1) is 16.6 Å². The molecule has 1 saturated carbocycles. The zero-order valence-corrected chi connectivity index (χ0v) is 20.0. The number of amides is 2. The van der Waals surface area contributed by atoms with Crippen LogP contribution in [0.3, 0.4) is 0 Å². The van der Waals surface area contributed by atoms with Gasteiger partial charge in [0.2, 0.25) is 0 Å². The van der Waals surface area contributed by atoms with Crippen molar-refractivity contribution in [1.29, 1.82) is 0 Å². The first-order valence-corrected chi connectivity index (χ1v) is 11.7. The number of ketones is 1. The first-order valence-electron chi connectivity index (χ1n) is 11.3. The van der Waals surface area contributed by atoms with Crippen LogP contribution in [0.2, 0.25) is 5.15 Å². The second-order valence-corrected chi connectivity index (χ2v) is 9.26. The van der Waals surface area contributed by atoms with Crippen LogP contribution in [0.25, 0.3) is 16.6 Å². The number of pyridine rings is 1. The van der Waals surface area contributed by atoms with Gasteiger partial charge < -0.3 is 14.8 Å². The van der Waals surface area contributed by atoms with Crippen LogP contribution >= 0.6 is 11.6 Å². The van der Waals surface area contributed by atoms with Crippen molar-refractivity contribution in [1.82, 2.24) is 19.8 Å². The number of rotatable bonds is 4. The van der Waals surface area contributed by atoms with E-state index in [2.05, 4.69) is 28.4 Å². The fourth-order valence-corrected chi connectivity index (χ4v) is 4.93. The Kier molecular flexibility index (Phi) is 5.70. The van der Waals surface area contributed by atoms with E-state index in [4.69, 9.17) is 11.6 Å². The highest BCUT2D eigenvalue weighted by atomic mass is 35.5. The van der Waals surface area contributed by atoms with Crippen molar-refractivity contribution in [2.45, 2.75) is 25.3 Å². The number of aromatic amines is 1. The summed E-state index contributed by atoms with van der Waals surface area (Å²) in [7, 11) is 0. The first kappa shape index (κ1) is 22.9. The number of carbonyl (C=O) groups excluding carboxylic acids is 3. The first-order chi connectivity index (χ1) is 16.8. The maximum atomic E-state index is 13.4. The number of carbonyl (C=O) groups is 3. The molecule has 2 aliphatic rings. The van der Waals surface area contributed by atoms with Gasteiger partial charge in [0, 0.05) is 42.5 Å². The number of Topliss-reactive ketones (excluding diaryl/α,β-unsaturated/α-hetero) is 1. The number of benzene rings is 1. The van der Waals surface area contributed by atoms with Crippen LogP contribution in [0.5, 0.6) is 0 Å². The third-order valence-corrected chi connectivity index (χ3v) is 6.87. The topological polar surface area (TPSA) is 86.4 Å². The van der Waals surface area contributed by atoms with Gasteiger partial charge in [-0.05, 0) is 38.0 Å². The molecule has 3 aromatic rings. The molecule has 0 atom stereocenters. The highest BCUT2D eigenvalue weighted by molar-refractivity contribution is 6.45. The molecule has 1 spiro atoms. The summed E-state index contributed by atoms with van der Waals surface area (Å²) in [5.74, 6) is 4.38. The van der Waals surface area contributed by atoms with Gasteiger partial charge in [-0.25, -0.2) is 4.98 Å². The summed E-state index contributed by atoms with van der Waals surface area (Å²) in [6.07, 6.45) is 2.99. The van der Waals surface area contributed by atoms with Crippen molar-refractivity contribution >= 4 is 45.8 Å². The normalized spacial score (nSPS) is 16.1. The van der Waals surface area contributed by atoms with Crippen LogP contribution in [-0.2, 0) is 4.79 Å².